The van der Waals surface area contributed by atoms with Crippen LogP contribution in [0.2, 0.25) is 0 Å². The molecule has 0 aliphatic carbocycles. The first-order chi connectivity index (χ1) is 11.2. The third-order valence-corrected chi connectivity index (χ3v) is 4.08. The first-order valence-corrected chi connectivity index (χ1v) is 8.16. The van der Waals surface area contributed by atoms with Crippen molar-refractivity contribution in [1.82, 2.24) is 20.0 Å². The molecule has 1 aliphatic rings. The van der Waals surface area contributed by atoms with E-state index in [0.29, 0.717) is 11.5 Å². The average Bonchev–Trinajstić information content (AvgIpc) is 3.01. The van der Waals surface area contributed by atoms with Gasteiger partial charge in [-0.25, -0.2) is 9.78 Å². The lowest BCUT2D eigenvalue weighted by Crippen LogP contribution is -2.38. The number of hydrogen-bond donors (Lipinski definition) is 1. The Morgan fingerprint density at radius 1 is 1.38 bits per heavy atom. The zero-order chi connectivity index (χ0) is 16.1. The predicted octanol–water partition coefficient (Wildman–Crippen LogP) is 2.49. The van der Waals surface area contributed by atoms with Crippen LogP contribution in [0, 0.1) is 0 Å². The largest absolute Gasteiger partial charge is 0.489 e. The summed E-state index contributed by atoms with van der Waals surface area (Å²) in [5.41, 5.74) is 0.553. The van der Waals surface area contributed by atoms with Crippen LogP contribution in [-0.2, 0) is 0 Å². The third kappa shape index (κ3) is 4.82. The van der Waals surface area contributed by atoms with E-state index in [-0.39, 0.29) is 18.5 Å². The number of nitrogens with zero attached hydrogens (tertiary/aromatic N) is 3. The summed E-state index contributed by atoms with van der Waals surface area (Å²) in [6.45, 7) is 5.60. The van der Waals surface area contributed by atoms with Gasteiger partial charge in [0.2, 0.25) is 5.82 Å². The third-order valence-electron chi connectivity index (χ3n) is 4.08. The van der Waals surface area contributed by atoms with Crippen molar-refractivity contribution in [3.63, 3.8) is 0 Å². The average molecular weight is 355 g/mol. The van der Waals surface area contributed by atoms with Gasteiger partial charge in [0.15, 0.2) is 0 Å². The van der Waals surface area contributed by atoms with Gasteiger partial charge in [-0.05, 0) is 37.9 Å². The van der Waals surface area contributed by atoms with Crippen LogP contribution < -0.4 is 10.5 Å². The summed E-state index contributed by atoms with van der Waals surface area (Å²) in [5.74, 6) is 0.481. The van der Waals surface area contributed by atoms with Crippen molar-refractivity contribution < 1.29 is 9.26 Å². The molecule has 8 heteroatoms. The summed E-state index contributed by atoms with van der Waals surface area (Å²) in [6, 6.07) is 3.61. The SMILES string of the molecule is CCCCN1CCC(Oc2ccc(-c3noc(=O)[nH]3)nc2)CC1.Cl. The van der Waals surface area contributed by atoms with Gasteiger partial charge in [-0.3, -0.25) is 9.51 Å². The highest BCUT2D eigenvalue weighted by Crippen LogP contribution is 2.20. The minimum absolute atomic E-state index is 0. The standard InChI is InChI=1S/C16H22N4O3.ClH/c1-2-3-8-20-9-6-12(7-10-20)22-13-4-5-14(17-11-13)15-18-16(21)23-19-15;/h4-5,11-12H,2-3,6-10H2,1H3,(H,18,19,21);1H. The minimum atomic E-state index is -0.586. The molecule has 1 fully saturated rings. The Morgan fingerprint density at radius 3 is 2.75 bits per heavy atom. The second-order valence-corrected chi connectivity index (χ2v) is 5.84. The van der Waals surface area contributed by atoms with Gasteiger partial charge in [0.05, 0.1) is 6.20 Å². The van der Waals surface area contributed by atoms with E-state index in [1.165, 1.54) is 19.4 Å². The number of rotatable bonds is 6. The Morgan fingerprint density at radius 2 is 2.17 bits per heavy atom. The Kier molecular flexibility index (Phi) is 6.81. The molecule has 2 aromatic rings. The first-order valence-electron chi connectivity index (χ1n) is 8.16. The Labute approximate surface area is 146 Å². The van der Waals surface area contributed by atoms with Crippen LogP contribution in [-0.4, -0.2) is 45.8 Å². The second-order valence-electron chi connectivity index (χ2n) is 5.84. The van der Waals surface area contributed by atoms with Crippen LogP contribution in [0.1, 0.15) is 32.6 Å². The highest BCUT2D eigenvalue weighted by molar-refractivity contribution is 5.85. The number of hydrogen-bond acceptors (Lipinski definition) is 6. The predicted molar refractivity (Wildman–Crippen MR) is 92.6 cm³/mol. The molecule has 0 unspecified atom stereocenters. The van der Waals surface area contributed by atoms with Crippen LogP contribution in [0.25, 0.3) is 11.5 Å². The molecule has 1 aliphatic heterocycles. The molecular weight excluding hydrogens is 332 g/mol. The summed E-state index contributed by atoms with van der Waals surface area (Å²) in [4.78, 5) is 20.2. The smallest absolute Gasteiger partial charge is 0.439 e. The van der Waals surface area contributed by atoms with Gasteiger partial charge < -0.3 is 9.64 Å². The van der Waals surface area contributed by atoms with E-state index in [1.807, 2.05) is 6.07 Å². The number of halogens is 1. The van der Waals surface area contributed by atoms with Crippen molar-refractivity contribution in [3.8, 4) is 17.3 Å². The highest BCUT2D eigenvalue weighted by atomic mass is 35.5. The summed E-state index contributed by atoms with van der Waals surface area (Å²) < 4.78 is 10.5. The molecule has 3 rings (SSSR count). The van der Waals surface area contributed by atoms with Crippen LogP contribution >= 0.6 is 12.4 Å². The van der Waals surface area contributed by atoms with Gasteiger partial charge in [0.1, 0.15) is 17.5 Å². The molecule has 0 amide bonds. The molecular formula is C16H23ClN4O3. The van der Waals surface area contributed by atoms with Gasteiger partial charge in [-0.15, -0.1) is 12.4 Å². The number of likely N-dealkylation sites (tertiary alicyclic amines) is 1. The fourth-order valence-corrected chi connectivity index (χ4v) is 2.76. The van der Waals surface area contributed by atoms with Gasteiger partial charge in [-0.2, -0.15) is 0 Å². The van der Waals surface area contributed by atoms with Crippen LogP contribution in [0.5, 0.6) is 5.75 Å². The van der Waals surface area contributed by atoms with E-state index in [9.17, 15) is 4.79 Å². The van der Waals surface area contributed by atoms with Crippen molar-refractivity contribution in [1.29, 1.82) is 0 Å². The molecule has 132 valence electrons. The second kappa shape index (κ2) is 8.84. The Balaban J connectivity index is 0.00000208. The summed E-state index contributed by atoms with van der Waals surface area (Å²) in [7, 11) is 0. The lowest BCUT2D eigenvalue weighted by atomic mass is 10.1. The zero-order valence-corrected chi connectivity index (χ0v) is 14.6. The molecule has 0 aromatic carbocycles. The normalized spacial score (nSPS) is 15.9. The van der Waals surface area contributed by atoms with Crippen LogP contribution in [0.4, 0.5) is 0 Å². The number of pyridine rings is 1. The van der Waals surface area contributed by atoms with Gasteiger partial charge in [-0.1, -0.05) is 18.5 Å². The van der Waals surface area contributed by atoms with Crippen LogP contribution in [0.15, 0.2) is 27.6 Å². The molecule has 0 bridgehead atoms. The molecule has 3 heterocycles. The lowest BCUT2D eigenvalue weighted by Gasteiger charge is -2.32. The first kappa shape index (κ1) is 18.5. The van der Waals surface area contributed by atoms with E-state index in [1.54, 1.807) is 12.3 Å². The van der Waals surface area contributed by atoms with Crippen molar-refractivity contribution in [2.45, 2.75) is 38.7 Å². The Bertz CT molecular complexity index is 662. The maximum atomic E-state index is 10.9. The summed E-state index contributed by atoms with van der Waals surface area (Å²) in [6.07, 6.45) is 6.50. The number of unbranched alkanes of at least 4 members (excludes halogenated alkanes) is 1. The minimum Gasteiger partial charge on any atom is -0.489 e. The molecule has 0 atom stereocenters. The molecule has 0 radical (unpaired) electrons. The number of aromatic amines is 1. The van der Waals surface area contributed by atoms with Crippen molar-refractivity contribution >= 4 is 12.4 Å². The fourth-order valence-electron chi connectivity index (χ4n) is 2.76. The number of ether oxygens (including phenoxy) is 1. The van der Waals surface area contributed by atoms with E-state index in [0.717, 1.165) is 31.7 Å². The van der Waals surface area contributed by atoms with E-state index >= 15 is 0 Å². The molecule has 0 spiro atoms. The van der Waals surface area contributed by atoms with E-state index in [2.05, 4.69) is 31.5 Å². The maximum absolute atomic E-state index is 10.9. The summed E-state index contributed by atoms with van der Waals surface area (Å²) in [5, 5.41) is 3.61. The molecule has 1 N–H and O–H groups in total. The number of piperidine rings is 1. The van der Waals surface area contributed by atoms with Crippen LogP contribution in [0.3, 0.4) is 0 Å². The van der Waals surface area contributed by atoms with Crippen molar-refractivity contribution in [3.05, 3.63) is 28.9 Å². The van der Waals surface area contributed by atoms with Gasteiger partial charge in [0.25, 0.3) is 0 Å². The quantitative estimate of drug-likeness (QED) is 0.858. The number of H-pyrrole nitrogens is 1. The highest BCUT2D eigenvalue weighted by Gasteiger charge is 2.20. The topological polar surface area (TPSA) is 84.2 Å². The monoisotopic (exact) mass is 354 g/mol. The van der Waals surface area contributed by atoms with E-state index < -0.39 is 5.76 Å². The lowest BCUT2D eigenvalue weighted by molar-refractivity contribution is 0.0995. The molecule has 2 aromatic heterocycles. The molecule has 7 nitrogen and oxygen atoms in total. The fraction of sp³-hybridized carbons (Fsp3) is 0.562. The number of aromatic nitrogens is 3. The molecule has 0 saturated carbocycles. The van der Waals surface area contributed by atoms with Gasteiger partial charge in [0, 0.05) is 13.1 Å². The van der Waals surface area contributed by atoms with Crippen molar-refractivity contribution in [2.24, 2.45) is 0 Å². The van der Waals surface area contributed by atoms with Gasteiger partial charge >= 0.3 is 5.76 Å². The van der Waals surface area contributed by atoms with Crippen molar-refractivity contribution in [2.75, 3.05) is 19.6 Å². The summed E-state index contributed by atoms with van der Waals surface area (Å²) >= 11 is 0. The maximum Gasteiger partial charge on any atom is 0.439 e. The van der Waals surface area contributed by atoms with E-state index in [4.69, 9.17) is 4.74 Å². The number of nitrogens with one attached hydrogen (secondary N) is 1. The Hall–Kier alpha value is -1.86. The zero-order valence-electron chi connectivity index (χ0n) is 13.7. The molecule has 1 saturated heterocycles. The molecule has 24 heavy (non-hydrogen) atoms.